The summed E-state index contributed by atoms with van der Waals surface area (Å²) in [5, 5.41) is 0. The molecule has 2 fully saturated rings. The van der Waals surface area contributed by atoms with E-state index in [-0.39, 0.29) is 11.8 Å². The molecular weight excluding hydrogens is 180 g/mol. The summed E-state index contributed by atoms with van der Waals surface area (Å²) >= 11 is 0. The Morgan fingerprint density at radius 2 is 1.71 bits per heavy atom. The number of carbonyl (C=O) groups is 1. The van der Waals surface area contributed by atoms with Crippen LogP contribution in [0.5, 0.6) is 0 Å². The highest BCUT2D eigenvalue weighted by atomic mass is 16.5. The second kappa shape index (κ2) is 4.89. The lowest BCUT2D eigenvalue weighted by molar-refractivity contribution is -0.133. The second-order valence-corrected chi connectivity index (χ2v) is 4.20. The third-order valence-electron chi connectivity index (χ3n) is 3.19. The van der Waals surface area contributed by atoms with Crippen LogP contribution in [-0.4, -0.2) is 32.2 Å². The van der Waals surface area contributed by atoms with E-state index in [1.807, 2.05) is 0 Å². The molecule has 3 nitrogen and oxygen atoms in total. The molecule has 0 aliphatic carbocycles. The Labute approximate surface area is 84.8 Å². The second-order valence-electron chi connectivity index (χ2n) is 4.20. The van der Waals surface area contributed by atoms with Crippen LogP contribution in [0.15, 0.2) is 0 Å². The first-order valence-corrected chi connectivity index (χ1v) is 5.57. The van der Waals surface area contributed by atoms with Crippen molar-refractivity contribution in [2.24, 2.45) is 11.8 Å². The number of rotatable bonds is 2. The van der Waals surface area contributed by atoms with Crippen LogP contribution in [0.1, 0.15) is 25.7 Å². The first-order chi connectivity index (χ1) is 6.88. The van der Waals surface area contributed by atoms with Gasteiger partial charge >= 0.3 is 0 Å². The number of Topliss-reactive ketones (excluding diaryl/α,β-unsaturated/α-hetero) is 1. The van der Waals surface area contributed by atoms with Crippen molar-refractivity contribution in [3.63, 3.8) is 0 Å². The fraction of sp³-hybridized carbons (Fsp3) is 0.909. The van der Waals surface area contributed by atoms with Crippen LogP contribution in [0.3, 0.4) is 0 Å². The van der Waals surface area contributed by atoms with Crippen LogP contribution in [0, 0.1) is 11.8 Å². The van der Waals surface area contributed by atoms with E-state index in [9.17, 15) is 4.79 Å². The third kappa shape index (κ3) is 2.34. The van der Waals surface area contributed by atoms with E-state index in [0.717, 1.165) is 45.5 Å². The van der Waals surface area contributed by atoms with E-state index < -0.39 is 0 Å². The molecule has 0 saturated carbocycles. The van der Waals surface area contributed by atoms with Gasteiger partial charge in [0.05, 0.1) is 6.61 Å². The summed E-state index contributed by atoms with van der Waals surface area (Å²) in [6.45, 7) is 2.99. The van der Waals surface area contributed by atoms with E-state index >= 15 is 0 Å². The van der Waals surface area contributed by atoms with Crippen molar-refractivity contribution in [2.45, 2.75) is 25.7 Å². The van der Waals surface area contributed by atoms with Crippen LogP contribution in [0.25, 0.3) is 0 Å². The Kier molecular flexibility index (Phi) is 3.54. The molecule has 1 atom stereocenters. The maximum Gasteiger partial charge on any atom is 0.141 e. The molecule has 0 aromatic heterocycles. The molecule has 14 heavy (non-hydrogen) atoms. The van der Waals surface area contributed by atoms with Crippen molar-refractivity contribution < 1.29 is 14.3 Å². The van der Waals surface area contributed by atoms with Crippen molar-refractivity contribution in [3.8, 4) is 0 Å². The van der Waals surface area contributed by atoms with Crippen LogP contribution < -0.4 is 0 Å². The third-order valence-corrected chi connectivity index (χ3v) is 3.19. The molecule has 0 N–H and O–H groups in total. The quantitative estimate of drug-likeness (QED) is 0.673. The van der Waals surface area contributed by atoms with Crippen LogP contribution in [0.4, 0.5) is 0 Å². The molecular formula is C11H18O3. The normalized spacial score (nSPS) is 30.1. The number of hydrogen-bond acceptors (Lipinski definition) is 3. The minimum atomic E-state index is 0.173. The highest BCUT2D eigenvalue weighted by Gasteiger charge is 2.29. The molecule has 2 aliphatic heterocycles. The van der Waals surface area contributed by atoms with E-state index in [1.165, 1.54) is 0 Å². The Morgan fingerprint density at radius 3 is 2.36 bits per heavy atom. The first kappa shape index (κ1) is 10.1. The predicted octanol–water partition coefficient (Wildman–Crippen LogP) is 1.41. The molecule has 3 heteroatoms. The minimum absolute atomic E-state index is 0.173. The molecule has 0 aromatic rings. The van der Waals surface area contributed by atoms with Crippen molar-refractivity contribution in [1.29, 1.82) is 0 Å². The molecule has 2 saturated heterocycles. The predicted molar refractivity (Wildman–Crippen MR) is 52.1 cm³/mol. The van der Waals surface area contributed by atoms with Crippen LogP contribution >= 0.6 is 0 Å². The summed E-state index contributed by atoms with van der Waals surface area (Å²) in [7, 11) is 0. The lowest BCUT2D eigenvalue weighted by Gasteiger charge is -2.27. The van der Waals surface area contributed by atoms with Crippen molar-refractivity contribution in [1.82, 2.24) is 0 Å². The van der Waals surface area contributed by atoms with E-state index in [0.29, 0.717) is 12.4 Å². The van der Waals surface area contributed by atoms with Crippen molar-refractivity contribution >= 4 is 5.78 Å². The largest absolute Gasteiger partial charge is 0.381 e. The SMILES string of the molecule is O=C(C1CCOCC1)C1CCCOC1. The molecule has 0 spiro atoms. The monoisotopic (exact) mass is 198 g/mol. The minimum Gasteiger partial charge on any atom is -0.381 e. The van der Waals surface area contributed by atoms with Crippen LogP contribution in [-0.2, 0) is 14.3 Å². The zero-order valence-corrected chi connectivity index (χ0v) is 8.54. The highest BCUT2D eigenvalue weighted by Crippen LogP contribution is 2.24. The summed E-state index contributed by atoms with van der Waals surface area (Å²) < 4.78 is 10.6. The van der Waals surface area contributed by atoms with Gasteiger partial charge in [0.15, 0.2) is 0 Å². The fourth-order valence-corrected chi connectivity index (χ4v) is 2.28. The van der Waals surface area contributed by atoms with E-state index in [4.69, 9.17) is 9.47 Å². The molecule has 0 amide bonds. The van der Waals surface area contributed by atoms with Crippen molar-refractivity contribution in [2.75, 3.05) is 26.4 Å². The smallest absolute Gasteiger partial charge is 0.141 e. The molecule has 2 aliphatic rings. The van der Waals surface area contributed by atoms with Gasteiger partial charge in [-0.15, -0.1) is 0 Å². The fourth-order valence-electron chi connectivity index (χ4n) is 2.28. The molecule has 0 radical (unpaired) electrons. The van der Waals surface area contributed by atoms with E-state index in [2.05, 4.69) is 0 Å². The number of hydrogen-bond donors (Lipinski definition) is 0. The van der Waals surface area contributed by atoms with Gasteiger partial charge in [0, 0.05) is 31.7 Å². The van der Waals surface area contributed by atoms with Gasteiger partial charge in [-0.3, -0.25) is 4.79 Å². The van der Waals surface area contributed by atoms with Gasteiger partial charge in [-0.1, -0.05) is 0 Å². The number of ketones is 1. The molecule has 2 rings (SSSR count). The Morgan fingerprint density at radius 1 is 0.929 bits per heavy atom. The zero-order chi connectivity index (χ0) is 9.80. The van der Waals surface area contributed by atoms with Crippen LogP contribution in [0.2, 0.25) is 0 Å². The lowest BCUT2D eigenvalue weighted by Crippen LogP contribution is -2.33. The maximum absolute atomic E-state index is 12.0. The maximum atomic E-state index is 12.0. The molecule has 2 heterocycles. The summed E-state index contributed by atoms with van der Waals surface area (Å²) in [6, 6.07) is 0. The van der Waals surface area contributed by atoms with Gasteiger partial charge in [-0.05, 0) is 25.7 Å². The Hall–Kier alpha value is -0.410. The average Bonchev–Trinajstić information content (AvgIpc) is 2.30. The van der Waals surface area contributed by atoms with Gasteiger partial charge in [0.1, 0.15) is 5.78 Å². The summed E-state index contributed by atoms with van der Waals surface area (Å²) in [5.74, 6) is 0.843. The molecule has 1 unspecified atom stereocenters. The summed E-state index contributed by atoms with van der Waals surface area (Å²) in [6.07, 6.45) is 3.89. The molecule has 0 aromatic carbocycles. The number of ether oxygens (including phenoxy) is 2. The molecule has 0 bridgehead atoms. The van der Waals surface area contributed by atoms with Gasteiger partial charge in [0.2, 0.25) is 0 Å². The van der Waals surface area contributed by atoms with E-state index in [1.54, 1.807) is 0 Å². The van der Waals surface area contributed by atoms with Gasteiger partial charge in [-0.2, -0.15) is 0 Å². The standard InChI is InChI=1S/C11H18O3/c12-11(9-3-6-13-7-4-9)10-2-1-5-14-8-10/h9-10H,1-8H2. The number of carbonyl (C=O) groups excluding carboxylic acids is 1. The summed E-state index contributed by atoms with van der Waals surface area (Å²) in [5.41, 5.74) is 0. The van der Waals surface area contributed by atoms with Crippen molar-refractivity contribution in [3.05, 3.63) is 0 Å². The lowest BCUT2D eigenvalue weighted by atomic mass is 9.85. The highest BCUT2D eigenvalue weighted by molar-refractivity contribution is 5.83. The van der Waals surface area contributed by atoms with Gasteiger partial charge in [0.25, 0.3) is 0 Å². The van der Waals surface area contributed by atoms with Gasteiger partial charge in [-0.25, -0.2) is 0 Å². The summed E-state index contributed by atoms with van der Waals surface area (Å²) in [4.78, 5) is 12.0. The van der Waals surface area contributed by atoms with Gasteiger partial charge < -0.3 is 9.47 Å². The zero-order valence-electron chi connectivity index (χ0n) is 8.54. The first-order valence-electron chi connectivity index (χ1n) is 5.57. The molecule has 80 valence electrons. The Balaban J connectivity index is 1.85. The average molecular weight is 198 g/mol. The topological polar surface area (TPSA) is 35.5 Å². The Bertz CT molecular complexity index is 171.